The fraction of sp³-hybridized carbons (Fsp3) is 0.0588. The minimum atomic E-state index is -0.142. The molecule has 0 aromatic carbocycles. The number of hydrogen-bond acceptors (Lipinski definition) is 5. The van der Waals surface area contributed by atoms with Gasteiger partial charge < -0.3 is 15.0 Å². The summed E-state index contributed by atoms with van der Waals surface area (Å²) in [5, 5.41) is 6.10. The molecule has 114 valence electrons. The normalized spacial score (nSPS) is 15.9. The first-order valence-corrected chi connectivity index (χ1v) is 8.01. The van der Waals surface area contributed by atoms with Crippen molar-refractivity contribution in [2.45, 2.75) is 6.54 Å². The van der Waals surface area contributed by atoms with Crippen LogP contribution < -0.4 is 5.32 Å². The number of carbonyl (C=O) groups excluding carboxylic acids is 1. The fourth-order valence-electron chi connectivity index (χ4n) is 2.40. The molecule has 0 aliphatic carbocycles. The van der Waals surface area contributed by atoms with E-state index in [1.54, 1.807) is 23.6 Å². The van der Waals surface area contributed by atoms with Gasteiger partial charge in [-0.2, -0.15) is 0 Å². The Labute approximate surface area is 136 Å². The van der Waals surface area contributed by atoms with Crippen LogP contribution in [-0.4, -0.2) is 15.8 Å². The maximum absolute atomic E-state index is 12.1. The van der Waals surface area contributed by atoms with Gasteiger partial charge >= 0.3 is 0 Å². The van der Waals surface area contributed by atoms with E-state index in [9.17, 15) is 4.79 Å². The number of nitrogens with one attached hydrogen (secondary N) is 2. The Balaban J connectivity index is 1.51. The van der Waals surface area contributed by atoms with Gasteiger partial charge in [-0.25, -0.2) is 4.98 Å². The Morgan fingerprint density at radius 1 is 1.35 bits per heavy atom. The van der Waals surface area contributed by atoms with Gasteiger partial charge in [-0.1, -0.05) is 6.07 Å². The van der Waals surface area contributed by atoms with Gasteiger partial charge in [0.2, 0.25) is 5.78 Å². The highest BCUT2D eigenvalue weighted by Gasteiger charge is 2.21. The average Bonchev–Trinajstić information content (AvgIpc) is 3.28. The molecule has 3 aromatic rings. The molecular formula is C17H13N3O2S. The molecular weight excluding hydrogens is 310 g/mol. The number of rotatable bonds is 4. The van der Waals surface area contributed by atoms with Crippen LogP contribution in [0.5, 0.6) is 0 Å². The summed E-state index contributed by atoms with van der Waals surface area (Å²) in [6, 6.07) is 7.84. The summed E-state index contributed by atoms with van der Waals surface area (Å²) >= 11 is 1.66. The second-order valence-corrected chi connectivity index (χ2v) is 6.09. The molecule has 0 atom stereocenters. The highest BCUT2D eigenvalue weighted by atomic mass is 32.1. The second kappa shape index (κ2) is 5.73. The van der Waals surface area contributed by atoms with Crippen LogP contribution in [0.15, 0.2) is 59.8 Å². The molecule has 23 heavy (non-hydrogen) atoms. The number of H-pyrrole nitrogens is 1. The Morgan fingerprint density at radius 2 is 2.30 bits per heavy atom. The third-order valence-corrected chi connectivity index (χ3v) is 4.39. The van der Waals surface area contributed by atoms with E-state index in [1.165, 1.54) is 11.0 Å². The van der Waals surface area contributed by atoms with E-state index in [1.807, 2.05) is 35.8 Å². The topological polar surface area (TPSA) is 67.0 Å². The number of aromatic amines is 1. The van der Waals surface area contributed by atoms with E-state index in [0.29, 0.717) is 18.2 Å². The summed E-state index contributed by atoms with van der Waals surface area (Å²) in [6.45, 7) is 0.640. The monoisotopic (exact) mass is 323 g/mol. The third-order valence-electron chi connectivity index (χ3n) is 3.51. The summed E-state index contributed by atoms with van der Waals surface area (Å²) in [6.07, 6.45) is 6.76. The SMILES string of the molecule is O=C1C=C(NCc2cccs2)OC1=Cc1c[nH]c2ncccc12. The smallest absolute Gasteiger partial charge is 0.226 e. The Hall–Kier alpha value is -2.86. The van der Waals surface area contributed by atoms with Crippen LogP contribution in [0.1, 0.15) is 10.4 Å². The average molecular weight is 323 g/mol. The van der Waals surface area contributed by atoms with Crippen LogP contribution in [0, 0.1) is 0 Å². The van der Waals surface area contributed by atoms with E-state index in [2.05, 4.69) is 15.3 Å². The van der Waals surface area contributed by atoms with Gasteiger partial charge in [0.25, 0.3) is 0 Å². The minimum absolute atomic E-state index is 0.142. The summed E-state index contributed by atoms with van der Waals surface area (Å²) in [5.74, 6) is 0.646. The zero-order chi connectivity index (χ0) is 15.6. The van der Waals surface area contributed by atoms with Crippen LogP contribution in [0.2, 0.25) is 0 Å². The molecule has 0 saturated heterocycles. The third kappa shape index (κ3) is 2.76. The number of thiophene rings is 1. The lowest BCUT2D eigenvalue weighted by Gasteiger charge is -2.06. The van der Waals surface area contributed by atoms with Crippen LogP contribution in [0.25, 0.3) is 17.1 Å². The van der Waals surface area contributed by atoms with Crippen molar-refractivity contribution in [3.8, 4) is 0 Å². The molecule has 6 heteroatoms. The number of ketones is 1. The van der Waals surface area contributed by atoms with Gasteiger partial charge in [-0.3, -0.25) is 4.79 Å². The first kappa shape index (κ1) is 13.8. The molecule has 0 unspecified atom stereocenters. The number of aromatic nitrogens is 2. The number of nitrogens with zero attached hydrogens (tertiary/aromatic N) is 1. The lowest BCUT2D eigenvalue weighted by molar-refractivity contribution is -0.112. The molecule has 0 fully saturated rings. The molecule has 0 radical (unpaired) electrons. The molecule has 5 nitrogen and oxygen atoms in total. The standard InChI is InChI=1S/C17H13N3O2S/c21-14-8-16(19-10-12-3-2-6-23-12)22-15(14)7-11-9-20-17-13(11)4-1-5-18-17/h1-9,19H,10H2,(H,18,20). The van der Waals surface area contributed by atoms with Crippen molar-refractivity contribution < 1.29 is 9.53 Å². The van der Waals surface area contributed by atoms with Gasteiger partial charge in [-0.05, 0) is 29.7 Å². The zero-order valence-corrected chi connectivity index (χ0v) is 12.9. The summed E-state index contributed by atoms with van der Waals surface area (Å²) in [4.78, 5) is 20.6. The van der Waals surface area contributed by atoms with Gasteiger partial charge in [0.05, 0.1) is 6.54 Å². The molecule has 4 heterocycles. The lowest BCUT2D eigenvalue weighted by Crippen LogP contribution is -2.11. The molecule has 1 aliphatic heterocycles. The van der Waals surface area contributed by atoms with Crippen LogP contribution >= 0.6 is 11.3 Å². The largest absolute Gasteiger partial charge is 0.437 e. The summed E-state index contributed by atoms with van der Waals surface area (Å²) < 4.78 is 5.63. The molecule has 0 spiro atoms. The maximum Gasteiger partial charge on any atom is 0.226 e. The Kier molecular flexibility index (Phi) is 3.44. The number of pyridine rings is 1. The number of carbonyl (C=O) groups is 1. The molecule has 3 aromatic heterocycles. The first-order valence-electron chi connectivity index (χ1n) is 7.13. The summed E-state index contributed by atoms with van der Waals surface area (Å²) in [7, 11) is 0. The van der Waals surface area contributed by atoms with Crippen LogP contribution in [0.4, 0.5) is 0 Å². The second-order valence-electron chi connectivity index (χ2n) is 5.06. The molecule has 0 saturated carbocycles. The van der Waals surface area contributed by atoms with Crippen LogP contribution in [0.3, 0.4) is 0 Å². The summed E-state index contributed by atoms with van der Waals surface area (Å²) in [5.41, 5.74) is 1.66. The van der Waals surface area contributed by atoms with Crippen LogP contribution in [-0.2, 0) is 16.1 Å². The molecule has 0 amide bonds. The lowest BCUT2D eigenvalue weighted by atomic mass is 10.2. The molecule has 4 rings (SSSR count). The van der Waals surface area contributed by atoms with Gasteiger partial charge in [0.15, 0.2) is 11.6 Å². The van der Waals surface area contributed by atoms with Gasteiger partial charge in [0, 0.05) is 34.3 Å². The van der Waals surface area contributed by atoms with Crippen molar-refractivity contribution in [2.75, 3.05) is 0 Å². The molecule has 0 bridgehead atoms. The number of fused-ring (bicyclic) bond motifs is 1. The Bertz CT molecular complexity index is 922. The van der Waals surface area contributed by atoms with E-state index in [4.69, 9.17) is 4.74 Å². The Morgan fingerprint density at radius 3 is 3.17 bits per heavy atom. The highest BCUT2D eigenvalue weighted by Crippen LogP contribution is 2.23. The molecule has 2 N–H and O–H groups in total. The number of hydrogen-bond donors (Lipinski definition) is 2. The number of ether oxygens (including phenoxy) is 1. The van der Waals surface area contributed by atoms with Crippen molar-refractivity contribution in [1.29, 1.82) is 0 Å². The fourth-order valence-corrected chi connectivity index (χ4v) is 3.05. The van der Waals surface area contributed by atoms with E-state index >= 15 is 0 Å². The van der Waals surface area contributed by atoms with E-state index < -0.39 is 0 Å². The van der Waals surface area contributed by atoms with Crippen molar-refractivity contribution in [3.63, 3.8) is 0 Å². The first-order chi connectivity index (χ1) is 11.3. The number of allylic oxidation sites excluding steroid dienone is 1. The minimum Gasteiger partial charge on any atom is -0.437 e. The van der Waals surface area contributed by atoms with E-state index in [-0.39, 0.29) is 5.78 Å². The predicted octanol–water partition coefficient (Wildman–Crippen LogP) is 3.20. The maximum atomic E-state index is 12.1. The van der Waals surface area contributed by atoms with Crippen molar-refractivity contribution >= 4 is 34.2 Å². The van der Waals surface area contributed by atoms with Gasteiger partial charge in [0.1, 0.15) is 5.65 Å². The highest BCUT2D eigenvalue weighted by molar-refractivity contribution is 7.09. The predicted molar refractivity (Wildman–Crippen MR) is 89.4 cm³/mol. The van der Waals surface area contributed by atoms with Crippen molar-refractivity contribution in [2.24, 2.45) is 0 Å². The van der Waals surface area contributed by atoms with Crippen molar-refractivity contribution in [3.05, 3.63) is 70.2 Å². The van der Waals surface area contributed by atoms with Crippen molar-refractivity contribution in [1.82, 2.24) is 15.3 Å². The quantitative estimate of drug-likeness (QED) is 0.724. The van der Waals surface area contributed by atoms with E-state index in [0.717, 1.165) is 16.6 Å². The van der Waals surface area contributed by atoms with Gasteiger partial charge in [-0.15, -0.1) is 11.3 Å². The molecule has 1 aliphatic rings. The zero-order valence-electron chi connectivity index (χ0n) is 12.1.